The molecule has 2 aromatic carbocycles. The number of aryl methyl sites for hydroxylation is 1. The normalized spacial score (nSPS) is 11.2. The van der Waals surface area contributed by atoms with Crippen LogP contribution in [0.3, 0.4) is 0 Å². The Bertz CT molecular complexity index is 1180. The van der Waals surface area contributed by atoms with Crippen molar-refractivity contribution in [3.05, 3.63) is 47.0 Å². The van der Waals surface area contributed by atoms with Crippen LogP contribution < -0.4 is 20.4 Å². The smallest absolute Gasteiger partial charge is 0.340 e. The van der Waals surface area contributed by atoms with E-state index in [0.717, 1.165) is 24.5 Å². The van der Waals surface area contributed by atoms with Gasteiger partial charge in [0, 0.05) is 18.7 Å². The molecule has 0 aromatic heterocycles. The zero-order chi connectivity index (χ0) is 23.2. The van der Waals surface area contributed by atoms with Gasteiger partial charge in [0.25, 0.3) is 0 Å². The van der Waals surface area contributed by atoms with E-state index in [2.05, 4.69) is 5.16 Å². The maximum Gasteiger partial charge on any atom is 0.340 e. The van der Waals surface area contributed by atoms with Gasteiger partial charge >= 0.3 is 10.1 Å². The van der Waals surface area contributed by atoms with E-state index in [9.17, 15) is 16.8 Å². The van der Waals surface area contributed by atoms with Gasteiger partial charge in [0.2, 0.25) is 5.96 Å². The van der Waals surface area contributed by atoms with Crippen LogP contribution in [0.25, 0.3) is 0 Å². The molecule has 0 unspecified atom stereocenters. The van der Waals surface area contributed by atoms with Crippen molar-refractivity contribution in [2.75, 3.05) is 19.5 Å². The number of hydrogen-bond donors (Lipinski definition) is 2. The van der Waals surface area contributed by atoms with Crippen LogP contribution in [0.4, 0.5) is 0 Å². The van der Waals surface area contributed by atoms with Crippen LogP contribution in [0.15, 0.2) is 51.3 Å². The lowest BCUT2D eigenvalue weighted by Gasteiger charge is -2.12. The van der Waals surface area contributed by atoms with Gasteiger partial charge in [-0.15, -0.1) is 12.4 Å². The Balaban J connectivity index is 0.00000512. The van der Waals surface area contributed by atoms with Crippen molar-refractivity contribution in [1.29, 1.82) is 0 Å². The molecule has 4 N–H and O–H groups in total. The molecule has 178 valence electrons. The van der Waals surface area contributed by atoms with E-state index in [4.69, 9.17) is 36.8 Å². The molecular formula is C18H23Cl2N3O7S2. The molecular weight excluding hydrogens is 505 g/mol. The highest BCUT2D eigenvalue weighted by molar-refractivity contribution is 7.90. The Morgan fingerprint density at radius 2 is 1.69 bits per heavy atom. The lowest BCUT2D eigenvalue weighted by atomic mass is 10.2. The number of sulfone groups is 1. The number of hydrogen-bond acceptors (Lipinski definition) is 8. The summed E-state index contributed by atoms with van der Waals surface area (Å²) >= 11 is 5.99. The average molecular weight is 528 g/mol. The molecule has 0 saturated heterocycles. The quantitative estimate of drug-likeness (QED) is 0.155. The fraction of sp³-hybridized carbons (Fsp3) is 0.278. The SMILES string of the molecule is Cc1cc(OCCCON=C(N)N)cc(OS(=O)(=O)c2ccc(S(C)(=O)=O)cc2Cl)c1.Cl. The molecule has 0 aliphatic carbocycles. The van der Waals surface area contributed by atoms with Crippen molar-refractivity contribution in [2.45, 2.75) is 23.1 Å². The van der Waals surface area contributed by atoms with E-state index in [0.29, 0.717) is 17.7 Å². The number of rotatable bonds is 10. The second-order valence-corrected chi connectivity index (χ2v) is 10.4. The van der Waals surface area contributed by atoms with Gasteiger partial charge in [-0.25, -0.2) is 8.42 Å². The molecule has 10 nitrogen and oxygen atoms in total. The van der Waals surface area contributed by atoms with Crippen molar-refractivity contribution in [3.63, 3.8) is 0 Å². The summed E-state index contributed by atoms with van der Waals surface area (Å²) in [5.74, 6) is 0.203. The Kier molecular flexibility index (Phi) is 9.89. The van der Waals surface area contributed by atoms with Crippen LogP contribution in [0.5, 0.6) is 11.5 Å². The highest BCUT2D eigenvalue weighted by atomic mass is 35.5. The third-order valence-corrected chi connectivity index (χ3v) is 6.49. The number of ether oxygens (including phenoxy) is 1. The first kappa shape index (κ1) is 27.6. The topological polar surface area (TPSA) is 160 Å². The van der Waals surface area contributed by atoms with E-state index in [-0.39, 0.29) is 52.1 Å². The Labute approximate surface area is 197 Å². The minimum absolute atomic E-state index is 0. The Morgan fingerprint density at radius 3 is 2.28 bits per heavy atom. The summed E-state index contributed by atoms with van der Waals surface area (Å²) in [4.78, 5) is 4.38. The van der Waals surface area contributed by atoms with Gasteiger partial charge in [0.15, 0.2) is 9.84 Å². The summed E-state index contributed by atoms with van der Waals surface area (Å²) in [6.45, 7) is 2.22. The summed E-state index contributed by atoms with van der Waals surface area (Å²) in [5.41, 5.74) is 11.0. The van der Waals surface area contributed by atoms with E-state index < -0.39 is 20.0 Å². The number of benzene rings is 2. The number of nitrogens with two attached hydrogens (primary N) is 2. The number of guanidine groups is 1. The number of oxime groups is 1. The maximum atomic E-state index is 12.6. The first-order valence-electron chi connectivity index (χ1n) is 8.78. The summed E-state index contributed by atoms with van der Waals surface area (Å²) in [6, 6.07) is 7.89. The summed E-state index contributed by atoms with van der Waals surface area (Å²) in [6.07, 6.45) is 1.46. The zero-order valence-corrected chi connectivity index (χ0v) is 20.4. The highest BCUT2D eigenvalue weighted by Crippen LogP contribution is 2.30. The molecule has 0 saturated carbocycles. The second-order valence-electron chi connectivity index (χ2n) is 6.44. The lowest BCUT2D eigenvalue weighted by Crippen LogP contribution is -2.23. The fourth-order valence-corrected chi connectivity index (χ4v) is 4.51. The number of halogens is 2. The predicted molar refractivity (Wildman–Crippen MR) is 123 cm³/mol. The molecule has 0 aliphatic heterocycles. The maximum absolute atomic E-state index is 12.6. The minimum Gasteiger partial charge on any atom is -0.493 e. The van der Waals surface area contributed by atoms with Crippen LogP contribution in [0.1, 0.15) is 12.0 Å². The molecule has 2 aromatic rings. The van der Waals surface area contributed by atoms with Gasteiger partial charge < -0.3 is 25.2 Å². The van der Waals surface area contributed by atoms with Crippen molar-refractivity contribution in [2.24, 2.45) is 16.6 Å². The average Bonchev–Trinajstić information content (AvgIpc) is 2.62. The van der Waals surface area contributed by atoms with Gasteiger partial charge in [-0.2, -0.15) is 8.42 Å². The molecule has 0 bridgehead atoms. The van der Waals surface area contributed by atoms with E-state index >= 15 is 0 Å². The molecule has 0 spiro atoms. The Hall–Kier alpha value is -2.41. The summed E-state index contributed by atoms with van der Waals surface area (Å²) < 4.78 is 59.3. The van der Waals surface area contributed by atoms with Crippen LogP contribution in [0, 0.1) is 6.92 Å². The molecule has 32 heavy (non-hydrogen) atoms. The standard InChI is InChI=1S/C18H22ClN3O7S2.ClH/c1-12-8-13(27-6-3-7-28-22-18(20)21)10-14(9-12)29-31(25,26)17-5-4-15(11-16(17)19)30(2,23)24;/h4-5,8-11H,3,6-7H2,1-2H3,(H4,20,21,22);1H. The van der Waals surface area contributed by atoms with Crippen molar-refractivity contribution in [1.82, 2.24) is 0 Å². The van der Waals surface area contributed by atoms with Crippen molar-refractivity contribution in [3.8, 4) is 11.5 Å². The molecule has 0 radical (unpaired) electrons. The van der Waals surface area contributed by atoms with E-state index in [1.807, 2.05) is 0 Å². The molecule has 0 fully saturated rings. The van der Waals surface area contributed by atoms with E-state index in [1.165, 1.54) is 12.1 Å². The van der Waals surface area contributed by atoms with Gasteiger partial charge in [-0.1, -0.05) is 11.6 Å². The van der Waals surface area contributed by atoms with Crippen molar-refractivity contribution < 1.29 is 30.6 Å². The fourth-order valence-electron chi connectivity index (χ4n) is 2.37. The minimum atomic E-state index is -4.32. The molecule has 0 aliphatic rings. The first-order valence-corrected chi connectivity index (χ1v) is 12.5. The molecule has 2 rings (SSSR count). The third kappa shape index (κ3) is 8.26. The summed E-state index contributed by atoms with van der Waals surface area (Å²) in [5, 5.41) is 3.11. The Morgan fingerprint density at radius 1 is 1.03 bits per heavy atom. The third-order valence-electron chi connectivity index (χ3n) is 3.65. The largest absolute Gasteiger partial charge is 0.493 e. The van der Waals surface area contributed by atoms with Crippen LogP contribution in [0.2, 0.25) is 5.02 Å². The molecule has 0 amide bonds. The molecule has 0 atom stereocenters. The monoisotopic (exact) mass is 527 g/mol. The second kappa shape index (κ2) is 11.5. The number of nitrogens with zero attached hydrogens (tertiary/aromatic N) is 1. The van der Waals surface area contributed by atoms with Crippen LogP contribution in [-0.2, 0) is 24.8 Å². The van der Waals surface area contributed by atoms with Gasteiger partial charge in [-0.3, -0.25) is 0 Å². The summed E-state index contributed by atoms with van der Waals surface area (Å²) in [7, 11) is -7.86. The van der Waals surface area contributed by atoms with Gasteiger partial charge in [0.1, 0.15) is 23.0 Å². The van der Waals surface area contributed by atoms with Crippen LogP contribution in [-0.4, -0.2) is 42.3 Å². The van der Waals surface area contributed by atoms with Crippen molar-refractivity contribution >= 4 is 49.9 Å². The first-order chi connectivity index (χ1) is 14.4. The van der Waals surface area contributed by atoms with Gasteiger partial charge in [0.05, 0.1) is 16.5 Å². The molecule has 0 heterocycles. The molecule has 14 heteroatoms. The highest BCUT2D eigenvalue weighted by Gasteiger charge is 2.22. The van der Waals surface area contributed by atoms with E-state index in [1.54, 1.807) is 13.0 Å². The van der Waals surface area contributed by atoms with Gasteiger partial charge in [-0.05, 0) is 48.0 Å². The zero-order valence-electron chi connectivity index (χ0n) is 17.1. The predicted octanol–water partition coefficient (Wildman–Crippen LogP) is 2.22. The van der Waals surface area contributed by atoms with Crippen LogP contribution >= 0.6 is 24.0 Å². The lowest BCUT2D eigenvalue weighted by molar-refractivity contribution is 0.127.